The first kappa shape index (κ1) is 15.4. The molecule has 1 fully saturated rings. The summed E-state index contributed by atoms with van der Waals surface area (Å²) in [6.45, 7) is 1.78. The summed E-state index contributed by atoms with van der Waals surface area (Å²) in [5, 5.41) is 7.07. The van der Waals surface area contributed by atoms with Crippen molar-refractivity contribution < 1.29 is 4.79 Å². The molecule has 0 spiro atoms. The molecule has 0 atom stereocenters. The topological polar surface area (TPSA) is 95.9 Å². The van der Waals surface area contributed by atoms with E-state index in [4.69, 9.17) is 0 Å². The van der Waals surface area contributed by atoms with Gasteiger partial charge in [-0.1, -0.05) is 0 Å². The molecule has 0 saturated carbocycles. The summed E-state index contributed by atoms with van der Waals surface area (Å²) in [6.07, 6.45) is 4.85. The molecular formula is C17H17N7O. The first-order valence-electron chi connectivity index (χ1n) is 8.03. The van der Waals surface area contributed by atoms with Crippen molar-refractivity contribution in [1.29, 1.82) is 0 Å². The highest BCUT2D eigenvalue weighted by molar-refractivity contribution is 5.99. The molecule has 0 radical (unpaired) electrons. The van der Waals surface area contributed by atoms with Crippen LogP contribution in [0.1, 0.15) is 0 Å². The third-order valence-corrected chi connectivity index (χ3v) is 4.11. The van der Waals surface area contributed by atoms with Crippen LogP contribution in [0.3, 0.4) is 0 Å². The SMILES string of the molecule is CNc1nc(-c2cnccn2)nc2cc(N3CCNCC3=O)ccc12. The van der Waals surface area contributed by atoms with E-state index in [1.165, 1.54) is 0 Å². The highest BCUT2D eigenvalue weighted by Crippen LogP contribution is 2.27. The van der Waals surface area contributed by atoms with Gasteiger partial charge < -0.3 is 15.5 Å². The second-order valence-electron chi connectivity index (χ2n) is 5.66. The Morgan fingerprint density at radius 1 is 1.24 bits per heavy atom. The summed E-state index contributed by atoms with van der Waals surface area (Å²) in [6, 6.07) is 5.78. The molecule has 0 unspecified atom stereocenters. The van der Waals surface area contributed by atoms with E-state index < -0.39 is 0 Å². The third-order valence-electron chi connectivity index (χ3n) is 4.11. The lowest BCUT2D eigenvalue weighted by Crippen LogP contribution is -2.48. The zero-order valence-corrected chi connectivity index (χ0v) is 13.7. The Morgan fingerprint density at radius 2 is 2.16 bits per heavy atom. The molecule has 0 aliphatic carbocycles. The first-order valence-corrected chi connectivity index (χ1v) is 8.03. The average molecular weight is 335 g/mol. The first-order chi connectivity index (χ1) is 12.3. The van der Waals surface area contributed by atoms with E-state index in [2.05, 4.69) is 30.6 Å². The lowest BCUT2D eigenvalue weighted by Gasteiger charge is -2.27. The number of rotatable bonds is 3. The van der Waals surface area contributed by atoms with Crippen molar-refractivity contribution in [3.8, 4) is 11.5 Å². The molecule has 3 aromatic rings. The molecule has 126 valence electrons. The van der Waals surface area contributed by atoms with Crippen LogP contribution in [0.4, 0.5) is 11.5 Å². The van der Waals surface area contributed by atoms with Gasteiger partial charge in [-0.05, 0) is 18.2 Å². The van der Waals surface area contributed by atoms with Crippen LogP contribution < -0.4 is 15.5 Å². The normalized spacial score (nSPS) is 14.8. The Labute approximate surface area is 144 Å². The smallest absolute Gasteiger partial charge is 0.240 e. The fourth-order valence-electron chi connectivity index (χ4n) is 2.88. The minimum Gasteiger partial charge on any atom is -0.373 e. The molecule has 1 aliphatic rings. The summed E-state index contributed by atoms with van der Waals surface area (Å²) < 4.78 is 0. The second kappa shape index (κ2) is 6.40. The second-order valence-corrected chi connectivity index (χ2v) is 5.66. The van der Waals surface area contributed by atoms with Gasteiger partial charge in [0.15, 0.2) is 5.82 Å². The van der Waals surface area contributed by atoms with Gasteiger partial charge in [-0.3, -0.25) is 9.78 Å². The van der Waals surface area contributed by atoms with Gasteiger partial charge in [0.2, 0.25) is 5.91 Å². The number of hydrogen-bond acceptors (Lipinski definition) is 7. The molecule has 8 nitrogen and oxygen atoms in total. The Balaban J connectivity index is 1.84. The predicted molar refractivity (Wildman–Crippen MR) is 95.3 cm³/mol. The monoisotopic (exact) mass is 335 g/mol. The highest BCUT2D eigenvalue weighted by Gasteiger charge is 2.20. The third kappa shape index (κ3) is 2.87. The molecule has 3 heterocycles. The molecule has 0 bridgehead atoms. The van der Waals surface area contributed by atoms with Gasteiger partial charge in [0.25, 0.3) is 0 Å². The minimum atomic E-state index is 0.0580. The van der Waals surface area contributed by atoms with Gasteiger partial charge >= 0.3 is 0 Å². The van der Waals surface area contributed by atoms with E-state index in [0.717, 1.165) is 23.1 Å². The lowest BCUT2D eigenvalue weighted by molar-refractivity contribution is -0.118. The zero-order chi connectivity index (χ0) is 17.2. The number of hydrogen-bond donors (Lipinski definition) is 2. The average Bonchev–Trinajstić information content (AvgIpc) is 2.67. The number of aromatic nitrogens is 4. The number of piperazine rings is 1. The quantitative estimate of drug-likeness (QED) is 0.739. The minimum absolute atomic E-state index is 0.0580. The Morgan fingerprint density at radius 3 is 2.92 bits per heavy atom. The molecule has 1 aliphatic heterocycles. The molecule has 2 aromatic heterocycles. The van der Waals surface area contributed by atoms with Crippen LogP contribution in [-0.2, 0) is 4.79 Å². The number of anilines is 2. The van der Waals surface area contributed by atoms with Crippen LogP contribution in [-0.4, -0.2) is 52.5 Å². The van der Waals surface area contributed by atoms with E-state index in [1.54, 1.807) is 23.5 Å². The molecule has 8 heteroatoms. The van der Waals surface area contributed by atoms with E-state index in [1.807, 2.05) is 25.2 Å². The maximum atomic E-state index is 12.1. The van der Waals surface area contributed by atoms with Gasteiger partial charge in [-0.15, -0.1) is 0 Å². The summed E-state index contributed by atoms with van der Waals surface area (Å²) in [5.41, 5.74) is 2.19. The van der Waals surface area contributed by atoms with Gasteiger partial charge in [0.1, 0.15) is 11.5 Å². The van der Waals surface area contributed by atoms with Crippen molar-refractivity contribution in [2.75, 3.05) is 36.9 Å². The predicted octanol–water partition coefficient (Wildman–Crippen LogP) is 1.06. The maximum Gasteiger partial charge on any atom is 0.240 e. The molecule has 2 N–H and O–H groups in total. The van der Waals surface area contributed by atoms with Gasteiger partial charge in [0.05, 0.1) is 18.3 Å². The maximum absolute atomic E-state index is 12.1. The Hall–Kier alpha value is -3.13. The van der Waals surface area contributed by atoms with Crippen molar-refractivity contribution in [2.24, 2.45) is 0 Å². The van der Waals surface area contributed by atoms with Crippen LogP contribution >= 0.6 is 0 Å². The summed E-state index contributed by atoms with van der Waals surface area (Å²) in [5.74, 6) is 1.26. The highest BCUT2D eigenvalue weighted by atomic mass is 16.2. The van der Waals surface area contributed by atoms with Crippen LogP contribution in [0.5, 0.6) is 0 Å². The number of carbonyl (C=O) groups is 1. The molecule has 1 saturated heterocycles. The summed E-state index contributed by atoms with van der Waals surface area (Å²) >= 11 is 0. The Kier molecular flexibility index (Phi) is 3.95. The Bertz CT molecular complexity index is 929. The molecule has 1 amide bonds. The number of fused-ring (bicyclic) bond motifs is 1. The number of nitrogens with one attached hydrogen (secondary N) is 2. The zero-order valence-electron chi connectivity index (χ0n) is 13.7. The molecular weight excluding hydrogens is 318 g/mol. The lowest BCUT2D eigenvalue weighted by atomic mass is 10.1. The molecule has 25 heavy (non-hydrogen) atoms. The van der Waals surface area contributed by atoms with E-state index in [-0.39, 0.29) is 5.91 Å². The molecule has 1 aromatic carbocycles. The van der Waals surface area contributed by atoms with Crippen LogP contribution in [0, 0.1) is 0 Å². The van der Waals surface area contributed by atoms with Crippen molar-refractivity contribution in [2.45, 2.75) is 0 Å². The fourth-order valence-corrected chi connectivity index (χ4v) is 2.88. The van der Waals surface area contributed by atoms with Crippen LogP contribution in [0.2, 0.25) is 0 Å². The largest absolute Gasteiger partial charge is 0.373 e. The van der Waals surface area contributed by atoms with Crippen molar-refractivity contribution in [3.63, 3.8) is 0 Å². The van der Waals surface area contributed by atoms with Crippen molar-refractivity contribution in [1.82, 2.24) is 25.3 Å². The van der Waals surface area contributed by atoms with Crippen LogP contribution in [0.15, 0.2) is 36.8 Å². The fraction of sp³-hybridized carbons (Fsp3) is 0.235. The molecule has 4 rings (SSSR count). The summed E-state index contributed by atoms with van der Waals surface area (Å²) in [7, 11) is 1.82. The summed E-state index contributed by atoms with van der Waals surface area (Å²) in [4.78, 5) is 31.4. The van der Waals surface area contributed by atoms with E-state index in [0.29, 0.717) is 30.4 Å². The van der Waals surface area contributed by atoms with E-state index in [9.17, 15) is 4.79 Å². The number of benzene rings is 1. The van der Waals surface area contributed by atoms with Gasteiger partial charge in [-0.25, -0.2) is 15.0 Å². The number of amides is 1. The van der Waals surface area contributed by atoms with Crippen molar-refractivity contribution >= 4 is 28.3 Å². The van der Waals surface area contributed by atoms with Crippen LogP contribution in [0.25, 0.3) is 22.4 Å². The van der Waals surface area contributed by atoms with Gasteiger partial charge in [-0.2, -0.15) is 0 Å². The number of carbonyl (C=O) groups excluding carboxylic acids is 1. The van der Waals surface area contributed by atoms with E-state index >= 15 is 0 Å². The van der Waals surface area contributed by atoms with Crippen molar-refractivity contribution in [3.05, 3.63) is 36.8 Å². The van der Waals surface area contributed by atoms with Gasteiger partial charge in [0, 0.05) is 43.6 Å². The standard InChI is InChI=1S/C17H17N7O/c1-18-16-12-3-2-11(24-7-6-20-10-15(24)25)8-13(12)22-17(23-16)14-9-19-4-5-21-14/h2-5,8-9,20H,6-7,10H2,1H3,(H,18,22,23). The number of nitrogens with zero attached hydrogens (tertiary/aromatic N) is 5.